The molecule has 2 aromatic rings. The van der Waals surface area contributed by atoms with Crippen LogP contribution in [0.1, 0.15) is 60.0 Å². The van der Waals surface area contributed by atoms with E-state index in [2.05, 4.69) is 4.98 Å². The largest absolute Gasteiger partial charge is 0.467 e. The van der Waals surface area contributed by atoms with Gasteiger partial charge in [0.2, 0.25) is 0 Å². The third kappa shape index (κ3) is 3.85. The summed E-state index contributed by atoms with van der Waals surface area (Å²) in [6.45, 7) is 2.63. The Morgan fingerprint density at radius 3 is 2.96 bits per heavy atom. The lowest BCUT2D eigenvalue weighted by molar-refractivity contribution is 0.0557. The molecule has 1 aliphatic heterocycles. The Kier molecular flexibility index (Phi) is 5.30. The lowest BCUT2D eigenvalue weighted by Gasteiger charge is -2.31. The number of rotatable bonds is 4. The Morgan fingerprint density at radius 1 is 1.38 bits per heavy atom. The molecule has 24 heavy (non-hydrogen) atoms. The molecule has 0 aromatic carbocycles. The summed E-state index contributed by atoms with van der Waals surface area (Å²) >= 11 is 0. The average molecular weight is 328 g/mol. The van der Waals surface area contributed by atoms with Crippen LogP contribution in [0.3, 0.4) is 0 Å². The van der Waals surface area contributed by atoms with E-state index in [1.807, 2.05) is 24.0 Å². The molecule has 0 aliphatic carbocycles. The predicted molar refractivity (Wildman–Crippen MR) is 90.6 cm³/mol. The first-order valence-corrected chi connectivity index (χ1v) is 8.60. The van der Waals surface area contributed by atoms with Gasteiger partial charge in [0.15, 0.2) is 0 Å². The van der Waals surface area contributed by atoms with Gasteiger partial charge in [-0.3, -0.25) is 9.78 Å². The van der Waals surface area contributed by atoms with Crippen LogP contribution in [0.5, 0.6) is 0 Å². The van der Waals surface area contributed by atoms with Crippen molar-refractivity contribution in [1.29, 1.82) is 0 Å². The van der Waals surface area contributed by atoms with E-state index >= 15 is 0 Å². The van der Waals surface area contributed by atoms with Crippen LogP contribution < -0.4 is 0 Å². The van der Waals surface area contributed by atoms with Gasteiger partial charge in [-0.2, -0.15) is 0 Å². The van der Waals surface area contributed by atoms with Crippen LogP contribution in [0.2, 0.25) is 0 Å². The number of amides is 1. The molecule has 0 bridgehead atoms. The fourth-order valence-corrected chi connectivity index (χ4v) is 3.30. The van der Waals surface area contributed by atoms with Gasteiger partial charge < -0.3 is 14.4 Å². The molecule has 0 spiro atoms. The highest BCUT2D eigenvalue weighted by Crippen LogP contribution is 2.27. The Balaban J connectivity index is 1.76. The molecule has 128 valence electrons. The van der Waals surface area contributed by atoms with Gasteiger partial charge in [0.25, 0.3) is 5.91 Å². The van der Waals surface area contributed by atoms with Crippen molar-refractivity contribution in [3.8, 4) is 0 Å². The van der Waals surface area contributed by atoms with Crippen LogP contribution in [-0.4, -0.2) is 33.5 Å². The van der Waals surface area contributed by atoms with Gasteiger partial charge in [0.05, 0.1) is 11.8 Å². The van der Waals surface area contributed by atoms with Gasteiger partial charge in [-0.1, -0.05) is 12.8 Å². The van der Waals surface area contributed by atoms with Crippen LogP contribution in [0, 0.1) is 6.92 Å². The molecule has 1 fully saturated rings. The summed E-state index contributed by atoms with van der Waals surface area (Å²) in [5.41, 5.74) is 1.51. The first-order chi connectivity index (χ1) is 11.6. The molecule has 1 N–H and O–H groups in total. The molecule has 5 heteroatoms. The zero-order chi connectivity index (χ0) is 16.9. The van der Waals surface area contributed by atoms with Crippen molar-refractivity contribution in [3.05, 3.63) is 53.7 Å². The maximum atomic E-state index is 12.9. The maximum absolute atomic E-state index is 12.9. The van der Waals surface area contributed by atoms with Crippen LogP contribution in [-0.2, 0) is 0 Å². The molecule has 2 atom stereocenters. The van der Waals surface area contributed by atoms with Gasteiger partial charge in [-0.05, 0) is 44.0 Å². The summed E-state index contributed by atoms with van der Waals surface area (Å²) < 4.78 is 5.30. The monoisotopic (exact) mass is 328 g/mol. The molecule has 0 saturated carbocycles. The van der Waals surface area contributed by atoms with E-state index in [1.165, 1.54) is 0 Å². The molecular weight excluding hydrogens is 304 g/mol. The second-order valence-corrected chi connectivity index (χ2v) is 6.46. The number of pyridine rings is 1. The van der Waals surface area contributed by atoms with Crippen molar-refractivity contribution >= 4 is 5.91 Å². The number of hydrogen-bond donors (Lipinski definition) is 1. The highest BCUT2D eigenvalue weighted by atomic mass is 16.4. The van der Waals surface area contributed by atoms with Crippen molar-refractivity contribution in [2.24, 2.45) is 0 Å². The number of aryl methyl sites for hydroxylation is 1. The lowest BCUT2D eigenvalue weighted by atomic mass is 10.0. The number of nitrogens with zero attached hydrogens (tertiary/aromatic N) is 2. The van der Waals surface area contributed by atoms with Crippen LogP contribution in [0.15, 0.2) is 41.1 Å². The fraction of sp³-hybridized carbons (Fsp3) is 0.474. The molecule has 1 amide bonds. The topological polar surface area (TPSA) is 66.6 Å². The summed E-state index contributed by atoms with van der Waals surface area (Å²) in [6, 6.07) is 7.25. The van der Waals surface area contributed by atoms with E-state index in [0.29, 0.717) is 17.7 Å². The van der Waals surface area contributed by atoms with E-state index in [-0.39, 0.29) is 11.9 Å². The zero-order valence-corrected chi connectivity index (χ0v) is 14.0. The Labute approximate surface area is 142 Å². The van der Waals surface area contributed by atoms with Crippen LogP contribution in [0.4, 0.5) is 0 Å². The van der Waals surface area contributed by atoms with Crippen LogP contribution in [0.25, 0.3) is 0 Å². The Morgan fingerprint density at radius 2 is 2.25 bits per heavy atom. The average Bonchev–Trinajstić information content (AvgIpc) is 3.03. The number of carbonyl (C=O) groups is 1. The molecule has 5 nitrogen and oxygen atoms in total. The standard InChI is InChI=1S/C19H24N2O3/c1-14-8-9-15(13-20-14)19(23)21-10-4-2-3-6-16(21)12-17(22)18-7-5-11-24-18/h5,7-9,11,13,16-17,22H,2-4,6,10,12H2,1H3/t16-,17+/m0/s1. The third-order valence-electron chi connectivity index (χ3n) is 4.66. The van der Waals surface area contributed by atoms with Crippen molar-refractivity contribution in [1.82, 2.24) is 9.88 Å². The van der Waals surface area contributed by atoms with E-state index in [9.17, 15) is 9.90 Å². The van der Waals surface area contributed by atoms with Gasteiger partial charge in [-0.25, -0.2) is 0 Å². The van der Waals surface area contributed by atoms with Gasteiger partial charge in [0, 0.05) is 30.9 Å². The molecular formula is C19H24N2O3. The SMILES string of the molecule is Cc1ccc(C(=O)N2CCCCC[C@H]2C[C@@H](O)c2ccco2)cn1. The summed E-state index contributed by atoms with van der Waals surface area (Å²) in [4.78, 5) is 19.1. The summed E-state index contributed by atoms with van der Waals surface area (Å²) in [5.74, 6) is 0.560. The number of aliphatic hydroxyl groups is 1. The number of aliphatic hydroxyl groups excluding tert-OH is 1. The molecule has 0 unspecified atom stereocenters. The van der Waals surface area contributed by atoms with E-state index in [0.717, 1.165) is 37.9 Å². The smallest absolute Gasteiger partial charge is 0.255 e. The molecule has 2 aromatic heterocycles. The Hall–Kier alpha value is -2.14. The lowest BCUT2D eigenvalue weighted by Crippen LogP contribution is -2.41. The summed E-state index contributed by atoms with van der Waals surface area (Å²) in [6.07, 6.45) is 7.11. The van der Waals surface area contributed by atoms with E-state index < -0.39 is 6.10 Å². The van der Waals surface area contributed by atoms with Gasteiger partial charge in [-0.15, -0.1) is 0 Å². The molecule has 0 radical (unpaired) electrons. The number of hydrogen-bond acceptors (Lipinski definition) is 4. The van der Waals surface area contributed by atoms with Crippen molar-refractivity contribution < 1.29 is 14.3 Å². The first-order valence-electron chi connectivity index (χ1n) is 8.60. The van der Waals surface area contributed by atoms with Gasteiger partial charge in [0.1, 0.15) is 11.9 Å². The fourth-order valence-electron chi connectivity index (χ4n) is 3.30. The minimum absolute atomic E-state index is 0.000967. The quantitative estimate of drug-likeness (QED) is 0.933. The Bertz CT molecular complexity index is 652. The first kappa shape index (κ1) is 16.7. The summed E-state index contributed by atoms with van der Waals surface area (Å²) in [5, 5.41) is 10.4. The minimum Gasteiger partial charge on any atom is -0.467 e. The second kappa shape index (κ2) is 7.62. The third-order valence-corrected chi connectivity index (χ3v) is 4.66. The molecule has 3 rings (SSSR count). The van der Waals surface area contributed by atoms with Crippen molar-refractivity contribution in [2.45, 2.75) is 51.2 Å². The predicted octanol–water partition coefficient (Wildman–Crippen LogP) is 3.49. The molecule has 3 heterocycles. The number of furan rings is 1. The van der Waals surface area contributed by atoms with E-state index in [4.69, 9.17) is 4.42 Å². The molecule has 1 aliphatic rings. The van der Waals surface area contributed by atoms with E-state index in [1.54, 1.807) is 24.6 Å². The summed E-state index contributed by atoms with van der Waals surface area (Å²) in [7, 11) is 0. The highest BCUT2D eigenvalue weighted by molar-refractivity contribution is 5.94. The maximum Gasteiger partial charge on any atom is 0.255 e. The molecule has 1 saturated heterocycles. The number of carbonyl (C=O) groups excluding carboxylic acids is 1. The second-order valence-electron chi connectivity index (χ2n) is 6.46. The highest BCUT2D eigenvalue weighted by Gasteiger charge is 2.29. The number of likely N-dealkylation sites (tertiary alicyclic amines) is 1. The van der Waals surface area contributed by atoms with Crippen molar-refractivity contribution in [2.75, 3.05) is 6.54 Å². The number of aromatic nitrogens is 1. The van der Waals surface area contributed by atoms with Gasteiger partial charge >= 0.3 is 0 Å². The van der Waals surface area contributed by atoms with Crippen LogP contribution >= 0.6 is 0 Å². The minimum atomic E-state index is -0.686. The zero-order valence-electron chi connectivity index (χ0n) is 14.0. The normalized spacial score (nSPS) is 19.8. The van der Waals surface area contributed by atoms with Crippen molar-refractivity contribution in [3.63, 3.8) is 0 Å².